The van der Waals surface area contributed by atoms with E-state index in [2.05, 4.69) is 68.6 Å². The number of hydrogen-bond acceptors (Lipinski definition) is 6. The summed E-state index contributed by atoms with van der Waals surface area (Å²) in [5.74, 6) is -1.77. The molecule has 0 fully saturated rings. The highest BCUT2D eigenvalue weighted by atomic mass is 79.9. The highest BCUT2D eigenvalue weighted by Gasteiger charge is 2.24. The number of hydrogen-bond donors (Lipinski definition) is 3. The van der Waals surface area contributed by atoms with E-state index in [0.717, 1.165) is 5.01 Å². The van der Waals surface area contributed by atoms with Gasteiger partial charge in [0.1, 0.15) is 16.9 Å². The zero-order valence-electron chi connectivity index (χ0n) is 16.6. The molecule has 3 amide bonds. The Balaban J connectivity index is 2.00. The third-order valence-electron chi connectivity index (χ3n) is 4.12. The standard InChI is InChI=1S/C19H14Br3ClN6O4/c1-28(27-15(31)8-30)19(33)10-5-9(20)6-11(21)16(10)25-18(32)13-7-14(22)26-29(13)17-12(23)3-2-4-24-17/h2-7,30H,8H2,1H3,(H,25,32)(H,27,31). The van der Waals surface area contributed by atoms with Crippen molar-refractivity contribution in [3.8, 4) is 5.82 Å². The smallest absolute Gasteiger partial charge is 0.274 e. The number of rotatable bonds is 5. The van der Waals surface area contributed by atoms with Crippen LogP contribution < -0.4 is 10.7 Å². The van der Waals surface area contributed by atoms with Gasteiger partial charge in [-0.1, -0.05) is 27.5 Å². The summed E-state index contributed by atoms with van der Waals surface area (Å²) in [5, 5.41) is 17.0. The molecule has 0 aliphatic carbocycles. The second-order valence-corrected chi connectivity index (χ2v) is 9.38. The number of nitrogens with zero attached hydrogens (tertiary/aromatic N) is 4. The molecule has 172 valence electrons. The lowest BCUT2D eigenvalue weighted by atomic mass is 10.1. The van der Waals surface area contributed by atoms with Crippen LogP contribution in [0, 0.1) is 0 Å². The Kier molecular flexibility index (Phi) is 8.23. The molecular weight excluding hydrogens is 651 g/mol. The first kappa shape index (κ1) is 25.3. The Morgan fingerprint density at radius 2 is 1.94 bits per heavy atom. The third kappa shape index (κ3) is 5.79. The normalized spacial score (nSPS) is 10.6. The average Bonchev–Trinajstić information content (AvgIpc) is 3.16. The van der Waals surface area contributed by atoms with E-state index in [1.807, 2.05) is 0 Å². The minimum Gasteiger partial charge on any atom is -0.386 e. The van der Waals surface area contributed by atoms with Crippen molar-refractivity contribution in [3.63, 3.8) is 0 Å². The van der Waals surface area contributed by atoms with Crippen molar-refractivity contribution in [3.05, 3.63) is 66.4 Å². The van der Waals surface area contributed by atoms with Gasteiger partial charge in [-0.05, 0) is 56.1 Å². The third-order valence-corrected chi connectivity index (χ3v) is 5.88. The van der Waals surface area contributed by atoms with Gasteiger partial charge < -0.3 is 10.4 Å². The molecule has 2 aromatic heterocycles. The van der Waals surface area contributed by atoms with Crippen molar-refractivity contribution < 1.29 is 19.5 Å². The highest BCUT2D eigenvalue weighted by Crippen LogP contribution is 2.32. The van der Waals surface area contributed by atoms with Crippen molar-refractivity contribution in [1.29, 1.82) is 0 Å². The summed E-state index contributed by atoms with van der Waals surface area (Å²) in [5.41, 5.74) is 2.53. The predicted molar refractivity (Wildman–Crippen MR) is 131 cm³/mol. The number of anilines is 1. The van der Waals surface area contributed by atoms with Crippen LogP contribution in [-0.4, -0.2) is 56.3 Å². The van der Waals surface area contributed by atoms with Crippen LogP contribution in [0.4, 0.5) is 5.69 Å². The lowest BCUT2D eigenvalue weighted by Gasteiger charge is -2.20. The minimum atomic E-state index is -0.793. The quantitative estimate of drug-likeness (QED) is 0.358. The molecule has 0 aliphatic heterocycles. The Labute approximate surface area is 217 Å². The Bertz CT molecular complexity index is 1250. The van der Waals surface area contributed by atoms with Gasteiger partial charge >= 0.3 is 0 Å². The van der Waals surface area contributed by atoms with Crippen LogP contribution in [0.25, 0.3) is 5.82 Å². The molecule has 0 unspecified atom stereocenters. The fraction of sp³-hybridized carbons (Fsp3) is 0.105. The molecule has 3 rings (SSSR count). The summed E-state index contributed by atoms with van der Waals surface area (Å²) in [6, 6.07) is 7.85. The zero-order valence-corrected chi connectivity index (χ0v) is 22.2. The largest absolute Gasteiger partial charge is 0.386 e. The molecule has 14 heteroatoms. The van der Waals surface area contributed by atoms with Gasteiger partial charge in [-0.2, -0.15) is 5.10 Å². The van der Waals surface area contributed by atoms with Crippen LogP contribution in [0.1, 0.15) is 20.8 Å². The number of hydrazine groups is 1. The maximum Gasteiger partial charge on any atom is 0.274 e. The van der Waals surface area contributed by atoms with E-state index in [0.29, 0.717) is 13.5 Å². The minimum absolute atomic E-state index is 0.0614. The number of aliphatic hydroxyl groups is 1. The summed E-state index contributed by atoms with van der Waals surface area (Å²) >= 11 is 16.1. The maximum absolute atomic E-state index is 13.2. The van der Waals surface area contributed by atoms with Crippen LogP contribution in [0.3, 0.4) is 0 Å². The Morgan fingerprint density at radius 1 is 1.21 bits per heavy atom. The van der Waals surface area contributed by atoms with Crippen molar-refractivity contribution in [2.75, 3.05) is 19.0 Å². The molecule has 3 aromatic rings. The van der Waals surface area contributed by atoms with Crippen LogP contribution >= 0.6 is 59.4 Å². The van der Waals surface area contributed by atoms with Crippen molar-refractivity contribution in [1.82, 2.24) is 25.2 Å². The van der Waals surface area contributed by atoms with E-state index in [1.165, 1.54) is 30.1 Å². The van der Waals surface area contributed by atoms with E-state index in [1.54, 1.807) is 18.2 Å². The molecule has 3 N–H and O–H groups in total. The zero-order chi connectivity index (χ0) is 24.3. The van der Waals surface area contributed by atoms with Gasteiger partial charge in [-0.3, -0.25) is 24.8 Å². The second kappa shape index (κ2) is 10.7. The van der Waals surface area contributed by atoms with E-state index in [-0.39, 0.29) is 27.8 Å². The van der Waals surface area contributed by atoms with Gasteiger partial charge in [0, 0.05) is 28.3 Å². The monoisotopic (exact) mass is 662 g/mol. The molecule has 1 aromatic carbocycles. The second-order valence-electron chi connectivity index (χ2n) is 6.39. The molecule has 0 saturated heterocycles. The van der Waals surface area contributed by atoms with Crippen molar-refractivity contribution in [2.45, 2.75) is 0 Å². The number of benzene rings is 1. The first-order valence-corrected chi connectivity index (χ1v) is 11.7. The Hall–Kier alpha value is -2.32. The molecule has 0 saturated carbocycles. The van der Waals surface area contributed by atoms with Crippen LogP contribution in [0.2, 0.25) is 5.02 Å². The van der Waals surface area contributed by atoms with Crippen LogP contribution in [0.15, 0.2) is 50.1 Å². The van der Waals surface area contributed by atoms with Gasteiger partial charge in [-0.15, -0.1) is 0 Å². The molecule has 0 spiro atoms. The van der Waals surface area contributed by atoms with Gasteiger partial charge in [0.15, 0.2) is 5.82 Å². The van der Waals surface area contributed by atoms with Crippen molar-refractivity contribution in [2.24, 2.45) is 0 Å². The summed E-state index contributed by atoms with van der Waals surface area (Å²) < 4.78 is 2.58. The number of aromatic nitrogens is 3. The SMILES string of the molecule is CN(NC(=O)CO)C(=O)c1cc(Br)cc(Br)c1NC(=O)c1cc(Br)nn1-c1ncccc1Cl. The number of pyridine rings is 1. The number of carbonyl (C=O) groups is 3. The van der Waals surface area contributed by atoms with Gasteiger partial charge in [0.25, 0.3) is 17.7 Å². The molecule has 0 radical (unpaired) electrons. The molecule has 10 nitrogen and oxygen atoms in total. The predicted octanol–water partition coefficient (Wildman–Crippen LogP) is 3.56. The lowest BCUT2D eigenvalue weighted by Crippen LogP contribution is -2.44. The maximum atomic E-state index is 13.2. The summed E-state index contributed by atoms with van der Waals surface area (Å²) in [7, 11) is 1.31. The van der Waals surface area contributed by atoms with E-state index in [4.69, 9.17) is 16.7 Å². The molecule has 2 heterocycles. The first-order chi connectivity index (χ1) is 15.6. The van der Waals surface area contributed by atoms with Gasteiger partial charge in [0.05, 0.1) is 16.3 Å². The average molecular weight is 666 g/mol. The fourth-order valence-electron chi connectivity index (χ4n) is 2.71. The van der Waals surface area contributed by atoms with Gasteiger partial charge in [-0.25, -0.2) is 9.67 Å². The number of carbonyl (C=O) groups excluding carboxylic acids is 3. The molecule has 0 atom stereocenters. The van der Waals surface area contributed by atoms with Crippen molar-refractivity contribution >= 4 is 82.8 Å². The van der Waals surface area contributed by atoms with Crippen LogP contribution in [-0.2, 0) is 4.79 Å². The van der Waals surface area contributed by atoms with E-state index >= 15 is 0 Å². The van der Waals surface area contributed by atoms with Crippen LogP contribution in [0.5, 0.6) is 0 Å². The van der Waals surface area contributed by atoms with E-state index < -0.39 is 24.3 Å². The molecule has 0 bridgehead atoms. The number of halogens is 4. The summed E-state index contributed by atoms with van der Waals surface area (Å²) in [6.07, 6.45) is 1.51. The summed E-state index contributed by atoms with van der Waals surface area (Å²) in [6.45, 7) is -0.793. The lowest BCUT2D eigenvalue weighted by molar-refractivity contribution is -0.127. The van der Waals surface area contributed by atoms with E-state index in [9.17, 15) is 14.4 Å². The molecule has 33 heavy (non-hydrogen) atoms. The molecule has 0 aliphatic rings. The fourth-order valence-corrected chi connectivity index (χ4v) is 4.61. The summed E-state index contributed by atoms with van der Waals surface area (Å²) in [4.78, 5) is 41.8. The topological polar surface area (TPSA) is 129 Å². The highest BCUT2D eigenvalue weighted by molar-refractivity contribution is 9.11. The number of aliphatic hydroxyl groups excluding tert-OH is 1. The number of amides is 3. The number of nitrogens with one attached hydrogen (secondary N) is 2. The van der Waals surface area contributed by atoms with Gasteiger partial charge in [0.2, 0.25) is 0 Å². The first-order valence-electron chi connectivity index (χ1n) is 8.97. The Morgan fingerprint density at radius 3 is 2.61 bits per heavy atom. The molecular formula is C19H14Br3ClN6O4.